The number of alkyl halides is 2. The van der Waals surface area contributed by atoms with Gasteiger partial charge in [-0.05, 0) is 59.1 Å². The second-order valence-corrected chi connectivity index (χ2v) is 6.59. The lowest BCUT2D eigenvalue weighted by molar-refractivity contribution is 0.901. The van der Waals surface area contributed by atoms with E-state index in [0.29, 0.717) is 0 Å². The van der Waals surface area contributed by atoms with Crippen LogP contribution in [0.3, 0.4) is 0 Å². The van der Waals surface area contributed by atoms with Crippen LogP contribution in [0.15, 0.2) is 36.4 Å². The number of aryl methyl sites for hydroxylation is 4. The normalized spacial score (nSPS) is 14.1. The van der Waals surface area contributed by atoms with E-state index < -0.39 is 0 Å². The minimum Gasteiger partial charge on any atom is -0.0876 e. The van der Waals surface area contributed by atoms with Crippen LogP contribution in [-0.4, -0.2) is 0 Å². The molecule has 2 heteroatoms. The van der Waals surface area contributed by atoms with Gasteiger partial charge in [-0.2, -0.15) is 0 Å². The van der Waals surface area contributed by atoms with Gasteiger partial charge in [0.05, 0.1) is 0 Å². The highest BCUT2D eigenvalue weighted by Gasteiger charge is 2.09. The van der Waals surface area contributed by atoms with Crippen molar-refractivity contribution in [3.8, 4) is 0 Å². The maximum Gasteiger partial charge on any atom is 0.0285 e. The Balaban J connectivity index is 2.02. The van der Waals surface area contributed by atoms with Crippen LogP contribution in [0, 0.1) is 0 Å². The topological polar surface area (TPSA) is 0 Å². The van der Waals surface area contributed by atoms with Gasteiger partial charge < -0.3 is 0 Å². The Morgan fingerprint density at radius 3 is 1.50 bits per heavy atom. The largest absolute Gasteiger partial charge is 0.0876 e. The average molecular weight is 394 g/mol. The van der Waals surface area contributed by atoms with E-state index in [-0.39, 0.29) is 0 Å². The van der Waals surface area contributed by atoms with E-state index in [2.05, 4.69) is 68.3 Å². The second-order valence-electron chi connectivity index (χ2n) is 5.47. The van der Waals surface area contributed by atoms with Gasteiger partial charge in [-0.15, -0.1) is 0 Å². The Morgan fingerprint density at radius 1 is 0.650 bits per heavy atom. The summed E-state index contributed by atoms with van der Waals surface area (Å²) in [6.45, 7) is 0. The number of hydrogen-bond acceptors (Lipinski definition) is 0. The molecule has 104 valence electrons. The first-order valence-electron chi connectivity index (χ1n) is 7.13. The van der Waals surface area contributed by atoms with Crippen molar-refractivity contribution in [2.45, 2.75) is 36.3 Å². The average Bonchev–Trinajstić information content (AvgIpc) is 2.49. The van der Waals surface area contributed by atoms with Gasteiger partial charge >= 0.3 is 0 Å². The van der Waals surface area contributed by atoms with Crippen molar-refractivity contribution < 1.29 is 0 Å². The minimum atomic E-state index is 0.957. The molecule has 0 saturated carbocycles. The number of halogens is 2. The number of rotatable bonds is 2. The first-order chi connectivity index (χ1) is 9.80. The van der Waals surface area contributed by atoms with Gasteiger partial charge in [0, 0.05) is 10.7 Å². The van der Waals surface area contributed by atoms with Crippen molar-refractivity contribution in [2.24, 2.45) is 0 Å². The summed E-state index contributed by atoms with van der Waals surface area (Å²) in [6.07, 6.45) is 4.50. The highest BCUT2D eigenvalue weighted by Crippen LogP contribution is 2.23. The Labute approximate surface area is 137 Å². The van der Waals surface area contributed by atoms with Crippen LogP contribution >= 0.6 is 31.9 Å². The molecule has 0 aromatic heterocycles. The van der Waals surface area contributed by atoms with Gasteiger partial charge in [-0.1, -0.05) is 68.3 Å². The molecule has 4 bridgehead atoms. The Bertz CT molecular complexity index is 561. The Kier molecular flexibility index (Phi) is 4.62. The van der Waals surface area contributed by atoms with E-state index in [0.717, 1.165) is 36.3 Å². The molecule has 0 amide bonds. The van der Waals surface area contributed by atoms with Crippen molar-refractivity contribution in [1.29, 1.82) is 0 Å². The van der Waals surface area contributed by atoms with Crippen LogP contribution < -0.4 is 0 Å². The van der Waals surface area contributed by atoms with Gasteiger partial charge in [0.2, 0.25) is 0 Å². The monoisotopic (exact) mass is 392 g/mol. The molecule has 0 N–H and O–H groups in total. The summed E-state index contributed by atoms with van der Waals surface area (Å²) in [5.41, 5.74) is 8.78. The summed E-state index contributed by atoms with van der Waals surface area (Å²) in [4.78, 5) is 0. The summed E-state index contributed by atoms with van der Waals surface area (Å²) < 4.78 is 0. The third-order valence-electron chi connectivity index (χ3n) is 4.20. The maximum absolute atomic E-state index is 3.64. The molecule has 0 heterocycles. The molecule has 0 unspecified atom stereocenters. The van der Waals surface area contributed by atoms with Gasteiger partial charge in [0.15, 0.2) is 0 Å². The Morgan fingerprint density at radius 2 is 1.10 bits per heavy atom. The molecule has 0 atom stereocenters. The van der Waals surface area contributed by atoms with Crippen LogP contribution in [0.1, 0.15) is 33.4 Å². The fraction of sp³-hybridized carbons (Fsp3) is 0.333. The van der Waals surface area contributed by atoms with E-state index in [9.17, 15) is 0 Å². The smallest absolute Gasteiger partial charge is 0.0285 e. The molecule has 4 aliphatic carbocycles. The molecular formula is C18H18Br2. The third-order valence-corrected chi connectivity index (χ3v) is 5.40. The van der Waals surface area contributed by atoms with Crippen LogP contribution in [0.5, 0.6) is 0 Å². The summed E-state index contributed by atoms with van der Waals surface area (Å²) >= 11 is 7.28. The zero-order chi connectivity index (χ0) is 13.9. The quantitative estimate of drug-likeness (QED) is 0.602. The van der Waals surface area contributed by atoms with Gasteiger partial charge in [-0.3, -0.25) is 0 Å². The highest BCUT2D eigenvalue weighted by molar-refractivity contribution is 9.08. The van der Waals surface area contributed by atoms with Gasteiger partial charge in [-0.25, -0.2) is 0 Å². The SMILES string of the molecule is BrCc1cc2ccc1CCc1ccc(cc1CBr)CC2. The van der Waals surface area contributed by atoms with Crippen LogP contribution in [0.2, 0.25) is 0 Å². The summed E-state index contributed by atoms with van der Waals surface area (Å²) in [5, 5.41) is 1.91. The first-order valence-corrected chi connectivity index (χ1v) is 9.37. The molecule has 6 rings (SSSR count). The third kappa shape index (κ3) is 3.01. The molecule has 0 radical (unpaired) electrons. The van der Waals surface area contributed by atoms with E-state index in [1.807, 2.05) is 0 Å². The molecular weight excluding hydrogens is 376 g/mol. The molecule has 2 aromatic rings. The summed E-state index contributed by atoms with van der Waals surface area (Å²) in [7, 11) is 0. The molecule has 20 heavy (non-hydrogen) atoms. The van der Waals surface area contributed by atoms with Gasteiger partial charge in [0.1, 0.15) is 0 Å². The maximum atomic E-state index is 3.64. The fourth-order valence-corrected chi connectivity index (χ4v) is 4.01. The standard InChI is InChI=1S/C18H18Br2/c19-11-17-9-13-1-2-14-4-6-16(18(10-14)12-20)8-7-15(17)5-3-13/h3-6,9-10H,1-2,7-8,11-12H2. The first kappa shape index (κ1) is 14.3. The molecule has 0 spiro atoms. The second kappa shape index (κ2) is 6.44. The number of hydrogen-bond donors (Lipinski definition) is 0. The zero-order valence-corrected chi connectivity index (χ0v) is 14.6. The van der Waals surface area contributed by atoms with E-state index in [1.165, 1.54) is 33.4 Å². The zero-order valence-electron chi connectivity index (χ0n) is 11.5. The molecule has 0 saturated heterocycles. The van der Waals surface area contributed by atoms with Crippen molar-refractivity contribution in [3.05, 3.63) is 69.8 Å². The van der Waals surface area contributed by atoms with Crippen molar-refractivity contribution >= 4 is 31.9 Å². The Hall–Kier alpha value is -0.600. The molecule has 0 nitrogen and oxygen atoms in total. The number of benzene rings is 2. The lowest BCUT2D eigenvalue weighted by atomic mass is 9.92. The lowest BCUT2D eigenvalue weighted by Crippen LogP contribution is -2.03. The van der Waals surface area contributed by atoms with E-state index >= 15 is 0 Å². The molecule has 0 fully saturated rings. The predicted molar refractivity (Wildman–Crippen MR) is 93.0 cm³/mol. The van der Waals surface area contributed by atoms with Crippen LogP contribution in [0.4, 0.5) is 0 Å². The molecule has 4 aliphatic rings. The molecule has 0 aliphatic heterocycles. The van der Waals surface area contributed by atoms with Crippen LogP contribution in [0.25, 0.3) is 0 Å². The van der Waals surface area contributed by atoms with Crippen molar-refractivity contribution in [3.63, 3.8) is 0 Å². The van der Waals surface area contributed by atoms with Crippen molar-refractivity contribution in [1.82, 2.24) is 0 Å². The minimum absolute atomic E-state index is 0.957. The molecule has 2 aromatic carbocycles. The van der Waals surface area contributed by atoms with Crippen LogP contribution in [-0.2, 0) is 36.3 Å². The summed E-state index contributed by atoms with van der Waals surface area (Å²) in [6, 6.07) is 14.0. The fourth-order valence-electron chi connectivity index (χ4n) is 2.96. The summed E-state index contributed by atoms with van der Waals surface area (Å²) in [5.74, 6) is 0. The van der Waals surface area contributed by atoms with E-state index in [1.54, 1.807) is 0 Å². The lowest BCUT2D eigenvalue weighted by Gasteiger charge is -2.15. The highest BCUT2D eigenvalue weighted by atomic mass is 79.9. The predicted octanol–water partition coefficient (Wildman–Crippen LogP) is 5.36. The van der Waals surface area contributed by atoms with Crippen molar-refractivity contribution in [2.75, 3.05) is 0 Å². The van der Waals surface area contributed by atoms with E-state index in [4.69, 9.17) is 0 Å². The van der Waals surface area contributed by atoms with Gasteiger partial charge in [0.25, 0.3) is 0 Å².